The Bertz CT molecular complexity index is 499. The Balaban J connectivity index is 2.10. The minimum atomic E-state index is -3.45. The van der Waals surface area contributed by atoms with Gasteiger partial charge in [-0.05, 0) is 37.3 Å². The molecule has 0 amide bonds. The van der Waals surface area contributed by atoms with Crippen LogP contribution in [0.15, 0.2) is 23.2 Å². The fourth-order valence-corrected chi connectivity index (χ4v) is 3.52. The third-order valence-electron chi connectivity index (χ3n) is 3.33. The van der Waals surface area contributed by atoms with Gasteiger partial charge in [0.1, 0.15) is 4.90 Å². The number of nitrogens with one attached hydrogen (secondary N) is 1. The Labute approximate surface area is 108 Å². The van der Waals surface area contributed by atoms with E-state index in [1.165, 1.54) is 6.20 Å². The van der Waals surface area contributed by atoms with Crippen molar-refractivity contribution in [3.8, 4) is 0 Å². The topological polar surface area (TPSA) is 85.1 Å². The number of pyridine rings is 1. The molecule has 2 rings (SSSR count). The highest BCUT2D eigenvalue weighted by molar-refractivity contribution is 7.89. The van der Waals surface area contributed by atoms with E-state index in [-0.39, 0.29) is 10.9 Å². The maximum atomic E-state index is 12.1. The number of sulfonamides is 1. The summed E-state index contributed by atoms with van der Waals surface area (Å²) in [5, 5.41) is 0. The molecule has 18 heavy (non-hydrogen) atoms. The zero-order valence-corrected chi connectivity index (χ0v) is 11.3. The van der Waals surface area contributed by atoms with Gasteiger partial charge in [0.2, 0.25) is 10.0 Å². The molecule has 1 aromatic rings. The minimum Gasteiger partial charge on any atom is -0.325 e. The molecule has 2 unspecified atom stereocenters. The molecule has 3 N–H and O–H groups in total. The van der Waals surface area contributed by atoms with Gasteiger partial charge < -0.3 is 5.73 Å². The average molecular weight is 269 g/mol. The SMILES string of the molecule is CC1CCC(NS(=O)(=O)c2ccc(CN)nc2)C1. The molecule has 1 aliphatic carbocycles. The van der Waals surface area contributed by atoms with Gasteiger partial charge in [0, 0.05) is 18.8 Å². The van der Waals surface area contributed by atoms with Crippen molar-refractivity contribution in [1.82, 2.24) is 9.71 Å². The van der Waals surface area contributed by atoms with E-state index >= 15 is 0 Å². The lowest BCUT2D eigenvalue weighted by Gasteiger charge is -2.12. The predicted octanol–water partition coefficient (Wildman–Crippen LogP) is 1.01. The molecule has 0 radical (unpaired) electrons. The van der Waals surface area contributed by atoms with Crippen LogP contribution in [-0.2, 0) is 16.6 Å². The summed E-state index contributed by atoms with van der Waals surface area (Å²) in [5.74, 6) is 0.593. The normalized spacial score (nSPS) is 24.3. The van der Waals surface area contributed by atoms with E-state index in [0.29, 0.717) is 18.2 Å². The molecule has 0 aromatic carbocycles. The maximum absolute atomic E-state index is 12.1. The number of aromatic nitrogens is 1. The monoisotopic (exact) mass is 269 g/mol. The van der Waals surface area contributed by atoms with Gasteiger partial charge in [0.15, 0.2) is 0 Å². The highest BCUT2D eigenvalue weighted by atomic mass is 32.2. The van der Waals surface area contributed by atoms with Crippen molar-refractivity contribution in [2.24, 2.45) is 11.7 Å². The van der Waals surface area contributed by atoms with Gasteiger partial charge in [0.25, 0.3) is 0 Å². The lowest BCUT2D eigenvalue weighted by Crippen LogP contribution is -2.33. The summed E-state index contributed by atoms with van der Waals surface area (Å²) in [6.45, 7) is 2.46. The first-order valence-electron chi connectivity index (χ1n) is 6.18. The predicted molar refractivity (Wildman–Crippen MR) is 69.3 cm³/mol. The van der Waals surface area contributed by atoms with Crippen molar-refractivity contribution in [2.45, 2.75) is 43.7 Å². The van der Waals surface area contributed by atoms with Gasteiger partial charge in [-0.1, -0.05) is 6.92 Å². The molecular formula is C12H19N3O2S. The average Bonchev–Trinajstić information content (AvgIpc) is 2.74. The van der Waals surface area contributed by atoms with Gasteiger partial charge in [-0.25, -0.2) is 13.1 Å². The van der Waals surface area contributed by atoms with E-state index in [0.717, 1.165) is 19.3 Å². The quantitative estimate of drug-likeness (QED) is 0.854. The Hall–Kier alpha value is -0.980. The molecule has 1 aromatic heterocycles. The summed E-state index contributed by atoms with van der Waals surface area (Å²) in [4.78, 5) is 4.22. The third kappa shape index (κ3) is 3.07. The second kappa shape index (κ2) is 5.34. The zero-order valence-electron chi connectivity index (χ0n) is 10.5. The number of hydrogen-bond acceptors (Lipinski definition) is 4. The van der Waals surface area contributed by atoms with Crippen LogP contribution in [0.25, 0.3) is 0 Å². The highest BCUT2D eigenvalue weighted by Crippen LogP contribution is 2.25. The number of nitrogens with zero attached hydrogens (tertiary/aromatic N) is 1. The van der Waals surface area contributed by atoms with Crippen molar-refractivity contribution >= 4 is 10.0 Å². The van der Waals surface area contributed by atoms with E-state index in [4.69, 9.17) is 5.73 Å². The van der Waals surface area contributed by atoms with Crippen LogP contribution < -0.4 is 10.5 Å². The van der Waals surface area contributed by atoms with Crippen LogP contribution in [0, 0.1) is 5.92 Å². The van der Waals surface area contributed by atoms with Gasteiger partial charge in [-0.3, -0.25) is 4.98 Å². The standard InChI is InChI=1S/C12H19N3O2S/c1-9-2-3-10(6-9)15-18(16,17)12-5-4-11(7-13)14-8-12/h4-5,8-10,15H,2-3,6-7,13H2,1H3. The molecule has 1 heterocycles. The van der Waals surface area contributed by atoms with E-state index in [1.54, 1.807) is 12.1 Å². The molecule has 1 saturated carbocycles. The molecule has 2 atom stereocenters. The summed E-state index contributed by atoms with van der Waals surface area (Å²) in [7, 11) is -3.45. The third-order valence-corrected chi connectivity index (χ3v) is 4.84. The van der Waals surface area contributed by atoms with E-state index in [9.17, 15) is 8.42 Å². The van der Waals surface area contributed by atoms with Gasteiger partial charge in [-0.15, -0.1) is 0 Å². The zero-order chi connectivity index (χ0) is 13.2. The van der Waals surface area contributed by atoms with Crippen molar-refractivity contribution in [3.05, 3.63) is 24.0 Å². The van der Waals surface area contributed by atoms with Crippen LogP contribution in [0.3, 0.4) is 0 Å². The Morgan fingerprint density at radius 2 is 2.22 bits per heavy atom. The number of nitrogens with two attached hydrogens (primary N) is 1. The summed E-state index contributed by atoms with van der Waals surface area (Å²) < 4.78 is 27.0. The molecule has 5 nitrogen and oxygen atoms in total. The molecule has 6 heteroatoms. The van der Waals surface area contributed by atoms with Crippen molar-refractivity contribution in [3.63, 3.8) is 0 Å². The van der Waals surface area contributed by atoms with E-state index < -0.39 is 10.0 Å². The Morgan fingerprint density at radius 1 is 1.44 bits per heavy atom. The largest absolute Gasteiger partial charge is 0.325 e. The van der Waals surface area contributed by atoms with Crippen molar-refractivity contribution in [1.29, 1.82) is 0 Å². The summed E-state index contributed by atoms with van der Waals surface area (Å²) in [6.07, 6.45) is 4.27. The lowest BCUT2D eigenvalue weighted by atomic mass is 10.1. The van der Waals surface area contributed by atoms with Crippen LogP contribution in [0.1, 0.15) is 31.9 Å². The first-order valence-corrected chi connectivity index (χ1v) is 7.67. The molecule has 1 aliphatic rings. The number of rotatable bonds is 4. The van der Waals surface area contributed by atoms with Gasteiger partial charge >= 0.3 is 0 Å². The van der Waals surface area contributed by atoms with E-state index in [1.807, 2.05) is 0 Å². The second-order valence-corrected chi connectivity index (χ2v) is 6.64. The van der Waals surface area contributed by atoms with E-state index in [2.05, 4.69) is 16.6 Å². The van der Waals surface area contributed by atoms with Gasteiger partial charge in [-0.2, -0.15) is 0 Å². The molecule has 0 aliphatic heterocycles. The van der Waals surface area contributed by atoms with Crippen LogP contribution >= 0.6 is 0 Å². The minimum absolute atomic E-state index is 0.0548. The Morgan fingerprint density at radius 3 is 2.72 bits per heavy atom. The molecule has 100 valence electrons. The molecule has 0 spiro atoms. The molecule has 0 bridgehead atoms. The van der Waals surface area contributed by atoms with Gasteiger partial charge in [0.05, 0.1) is 5.69 Å². The fourth-order valence-electron chi connectivity index (χ4n) is 2.29. The first-order chi connectivity index (χ1) is 8.51. The van der Waals surface area contributed by atoms with Crippen molar-refractivity contribution in [2.75, 3.05) is 0 Å². The molecule has 0 saturated heterocycles. The molecular weight excluding hydrogens is 250 g/mol. The summed E-state index contributed by atoms with van der Waals surface area (Å²) in [6, 6.07) is 3.25. The lowest BCUT2D eigenvalue weighted by molar-refractivity contribution is 0.538. The summed E-state index contributed by atoms with van der Waals surface area (Å²) >= 11 is 0. The fraction of sp³-hybridized carbons (Fsp3) is 0.583. The second-order valence-electron chi connectivity index (χ2n) is 4.93. The van der Waals surface area contributed by atoms with Crippen LogP contribution in [0.4, 0.5) is 0 Å². The van der Waals surface area contributed by atoms with Crippen molar-refractivity contribution < 1.29 is 8.42 Å². The smallest absolute Gasteiger partial charge is 0.242 e. The molecule has 1 fully saturated rings. The van der Waals surface area contributed by atoms with Crippen LogP contribution in [0.2, 0.25) is 0 Å². The maximum Gasteiger partial charge on any atom is 0.242 e. The first kappa shape index (κ1) is 13.5. The highest BCUT2D eigenvalue weighted by Gasteiger charge is 2.26. The van der Waals surface area contributed by atoms with Crippen LogP contribution in [-0.4, -0.2) is 19.4 Å². The summed E-state index contributed by atoms with van der Waals surface area (Å²) in [5.41, 5.74) is 6.11. The van der Waals surface area contributed by atoms with Crippen LogP contribution in [0.5, 0.6) is 0 Å². The number of hydrogen-bond donors (Lipinski definition) is 2. The Kier molecular flexibility index (Phi) is 3.99.